The van der Waals surface area contributed by atoms with Gasteiger partial charge in [-0.3, -0.25) is 4.79 Å². The van der Waals surface area contributed by atoms with Crippen molar-refractivity contribution in [3.8, 4) is 11.5 Å². The standard InChI is InChI=1S/C12H15NO4/c1-8-4-10-11(17-7-16-10)5-9(8)6-13-12(15)2-3-14/h4-5,14H,2-3,6-7H2,1H3,(H,13,15). The summed E-state index contributed by atoms with van der Waals surface area (Å²) in [6.45, 7) is 2.50. The molecule has 0 fully saturated rings. The minimum atomic E-state index is -0.162. The number of aliphatic hydroxyl groups is 1. The molecule has 0 aliphatic carbocycles. The molecular formula is C12H15NO4. The van der Waals surface area contributed by atoms with Gasteiger partial charge in [0, 0.05) is 13.0 Å². The van der Waals surface area contributed by atoms with Crippen LogP contribution in [-0.2, 0) is 11.3 Å². The van der Waals surface area contributed by atoms with Crippen LogP contribution in [0.3, 0.4) is 0 Å². The van der Waals surface area contributed by atoms with Crippen LogP contribution in [0.15, 0.2) is 12.1 Å². The van der Waals surface area contributed by atoms with Gasteiger partial charge in [-0.05, 0) is 30.2 Å². The second-order valence-electron chi connectivity index (χ2n) is 3.88. The second kappa shape index (κ2) is 5.05. The Hall–Kier alpha value is -1.75. The topological polar surface area (TPSA) is 67.8 Å². The molecule has 1 heterocycles. The lowest BCUT2D eigenvalue weighted by Gasteiger charge is -2.08. The van der Waals surface area contributed by atoms with Crippen molar-refractivity contribution in [3.05, 3.63) is 23.3 Å². The first kappa shape index (κ1) is 11.7. The van der Waals surface area contributed by atoms with Crippen LogP contribution < -0.4 is 14.8 Å². The predicted molar refractivity (Wildman–Crippen MR) is 60.9 cm³/mol. The molecule has 0 aromatic heterocycles. The Kier molecular flexibility index (Phi) is 3.49. The van der Waals surface area contributed by atoms with E-state index >= 15 is 0 Å². The summed E-state index contributed by atoms with van der Waals surface area (Å²) < 4.78 is 10.5. The average molecular weight is 237 g/mol. The van der Waals surface area contributed by atoms with Crippen molar-refractivity contribution < 1.29 is 19.4 Å². The second-order valence-corrected chi connectivity index (χ2v) is 3.88. The highest BCUT2D eigenvalue weighted by atomic mass is 16.7. The third kappa shape index (κ3) is 2.68. The highest BCUT2D eigenvalue weighted by Crippen LogP contribution is 2.34. The first-order valence-corrected chi connectivity index (χ1v) is 5.47. The number of aliphatic hydroxyl groups excluding tert-OH is 1. The SMILES string of the molecule is Cc1cc2c(cc1CNC(=O)CCO)OCO2. The summed E-state index contributed by atoms with van der Waals surface area (Å²) in [6, 6.07) is 3.77. The Morgan fingerprint density at radius 2 is 2.12 bits per heavy atom. The summed E-state index contributed by atoms with van der Waals surface area (Å²) >= 11 is 0. The van der Waals surface area contributed by atoms with Gasteiger partial charge in [-0.15, -0.1) is 0 Å². The van der Waals surface area contributed by atoms with Crippen LogP contribution in [-0.4, -0.2) is 24.4 Å². The minimum Gasteiger partial charge on any atom is -0.454 e. The van der Waals surface area contributed by atoms with Gasteiger partial charge in [0.1, 0.15) is 0 Å². The number of ether oxygens (including phenoxy) is 2. The van der Waals surface area contributed by atoms with Crippen molar-refractivity contribution in [2.75, 3.05) is 13.4 Å². The smallest absolute Gasteiger partial charge is 0.231 e. The molecule has 2 N–H and O–H groups in total. The van der Waals surface area contributed by atoms with Gasteiger partial charge in [0.2, 0.25) is 12.7 Å². The molecular weight excluding hydrogens is 222 g/mol. The van der Waals surface area contributed by atoms with Crippen molar-refractivity contribution in [2.24, 2.45) is 0 Å². The van der Waals surface area contributed by atoms with Gasteiger partial charge >= 0.3 is 0 Å². The monoisotopic (exact) mass is 237 g/mol. The molecule has 5 heteroatoms. The average Bonchev–Trinajstić information content (AvgIpc) is 2.73. The van der Waals surface area contributed by atoms with Gasteiger partial charge < -0.3 is 19.9 Å². The van der Waals surface area contributed by atoms with Gasteiger partial charge in [0.25, 0.3) is 0 Å². The third-order valence-corrected chi connectivity index (χ3v) is 2.65. The Labute approximate surface area is 99.3 Å². The molecule has 0 saturated heterocycles. The van der Waals surface area contributed by atoms with E-state index in [1.165, 1.54) is 0 Å². The molecule has 1 aromatic rings. The van der Waals surface area contributed by atoms with E-state index in [4.69, 9.17) is 14.6 Å². The minimum absolute atomic E-state index is 0.129. The number of amides is 1. The maximum Gasteiger partial charge on any atom is 0.231 e. The highest BCUT2D eigenvalue weighted by Gasteiger charge is 2.15. The van der Waals surface area contributed by atoms with Gasteiger partial charge in [0.05, 0.1) is 6.61 Å². The largest absolute Gasteiger partial charge is 0.454 e. The van der Waals surface area contributed by atoms with Crippen LogP contribution in [0.1, 0.15) is 17.5 Å². The predicted octanol–water partition coefficient (Wildman–Crippen LogP) is 0.722. The number of benzene rings is 1. The maximum atomic E-state index is 11.2. The van der Waals surface area contributed by atoms with Crippen LogP contribution in [0.2, 0.25) is 0 Å². The van der Waals surface area contributed by atoms with Gasteiger partial charge in [-0.1, -0.05) is 0 Å². The number of hydrogen-bond donors (Lipinski definition) is 2. The van der Waals surface area contributed by atoms with E-state index in [-0.39, 0.29) is 25.7 Å². The number of rotatable bonds is 4. The molecule has 1 aromatic carbocycles. The first-order chi connectivity index (χ1) is 8.20. The molecule has 0 bridgehead atoms. The lowest BCUT2D eigenvalue weighted by atomic mass is 10.1. The van der Waals surface area contributed by atoms with Crippen molar-refractivity contribution in [1.29, 1.82) is 0 Å². The van der Waals surface area contributed by atoms with E-state index in [0.29, 0.717) is 12.3 Å². The van der Waals surface area contributed by atoms with Crippen molar-refractivity contribution >= 4 is 5.91 Å². The Morgan fingerprint density at radius 1 is 1.41 bits per heavy atom. The van der Waals surface area contributed by atoms with E-state index in [1.807, 2.05) is 19.1 Å². The Morgan fingerprint density at radius 3 is 2.82 bits per heavy atom. The summed E-state index contributed by atoms with van der Waals surface area (Å²) in [5.74, 6) is 1.29. The van der Waals surface area contributed by atoms with E-state index in [1.54, 1.807) is 0 Å². The number of fused-ring (bicyclic) bond motifs is 1. The van der Waals surface area contributed by atoms with Crippen molar-refractivity contribution in [3.63, 3.8) is 0 Å². The maximum absolute atomic E-state index is 11.2. The van der Waals surface area contributed by atoms with Crippen LogP contribution in [0.5, 0.6) is 11.5 Å². The van der Waals surface area contributed by atoms with Crippen LogP contribution in [0, 0.1) is 6.92 Å². The van der Waals surface area contributed by atoms with E-state index in [0.717, 1.165) is 16.9 Å². The number of hydrogen-bond acceptors (Lipinski definition) is 4. The Bertz CT molecular complexity index is 431. The summed E-state index contributed by atoms with van der Waals surface area (Å²) in [5.41, 5.74) is 2.03. The summed E-state index contributed by atoms with van der Waals surface area (Å²) in [7, 11) is 0. The highest BCUT2D eigenvalue weighted by molar-refractivity contribution is 5.76. The normalized spacial score (nSPS) is 12.6. The summed E-state index contributed by atoms with van der Waals surface area (Å²) in [5, 5.41) is 11.4. The van der Waals surface area contributed by atoms with Crippen LogP contribution >= 0.6 is 0 Å². The molecule has 0 radical (unpaired) electrons. The number of aryl methyl sites for hydroxylation is 1. The fourth-order valence-electron chi connectivity index (χ4n) is 1.66. The number of nitrogens with one attached hydrogen (secondary N) is 1. The molecule has 0 unspecified atom stereocenters. The summed E-state index contributed by atoms with van der Waals surface area (Å²) in [6.07, 6.45) is 0.129. The molecule has 92 valence electrons. The van der Waals surface area contributed by atoms with E-state index in [9.17, 15) is 4.79 Å². The molecule has 2 rings (SSSR count). The van der Waals surface area contributed by atoms with E-state index < -0.39 is 0 Å². The number of carbonyl (C=O) groups is 1. The molecule has 5 nitrogen and oxygen atoms in total. The first-order valence-electron chi connectivity index (χ1n) is 5.47. The van der Waals surface area contributed by atoms with Gasteiger partial charge in [-0.25, -0.2) is 0 Å². The lowest BCUT2D eigenvalue weighted by molar-refractivity contribution is -0.121. The quantitative estimate of drug-likeness (QED) is 0.809. The summed E-state index contributed by atoms with van der Waals surface area (Å²) in [4.78, 5) is 11.2. The molecule has 0 spiro atoms. The zero-order valence-electron chi connectivity index (χ0n) is 9.66. The van der Waals surface area contributed by atoms with Crippen molar-refractivity contribution in [2.45, 2.75) is 19.9 Å². The van der Waals surface area contributed by atoms with Gasteiger partial charge in [0.15, 0.2) is 11.5 Å². The fourth-order valence-corrected chi connectivity index (χ4v) is 1.66. The van der Waals surface area contributed by atoms with Gasteiger partial charge in [-0.2, -0.15) is 0 Å². The van der Waals surface area contributed by atoms with Crippen LogP contribution in [0.4, 0.5) is 0 Å². The molecule has 1 amide bonds. The fraction of sp³-hybridized carbons (Fsp3) is 0.417. The van der Waals surface area contributed by atoms with Crippen molar-refractivity contribution in [1.82, 2.24) is 5.32 Å². The molecule has 1 aliphatic rings. The van der Waals surface area contributed by atoms with Crippen LogP contribution in [0.25, 0.3) is 0 Å². The third-order valence-electron chi connectivity index (χ3n) is 2.65. The molecule has 17 heavy (non-hydrogen) atoms. The molecule has 0 saturated carbocycles. The molecule has 0 atom stereocenters. The lowest BCUT2D eigenvalue weighted by Crippen LogP contribution is -2.23. The Balaban J connectivity index is 2.04. The van der Waals surface area contributed by atoms with E-state index in [2.05, 4.69) is 5.32 Å². The number of carbonyl (C=O) groups excluding carboxylic acids is 1. The zero-order chi connectivity index (χ0) is 12.3. The zero-order valence-corrected chi connectivity index (χ0v) is 9.66. The molecule has 1 aliphatic heterocycles.